The Labute approximate surface area is 122 Å². The van der Waals surface area contributed by atoms with Crippen LogP contribution < -0.4 is 0 Å². The molecule has 20 heavy (non-hydrogen) atoms. The molecule has 2 fully saturated rings. The summed E-state index contributed by atoms with van der Waals surface area (Å²) < 4.78 is 2.52. The lowest BCUT2D eigenvalue weighted by Gasteiger charge is -2.43. The van der Waals surface area contributed by atoms with E-state index in [0.717, 1.165) is 12.8 Å². The van der Waals surface area contributed by atoms with Crippen molar-refractivity contribution in [3.63, 3.8) is 0 Å². The molecule has 0 aromatic carbocycles. The highest BCUT2D eigenvalue weighted by molar-refractivity contribution is 5.90. The molecule has 2 heteroatoms. The predicted molar refractivity (Wildman–Crippen MR) is 82.0 cm³/mol. The molecule has 2 nitrogen and oxygen atoms in total. The molecule has 110 valence electrons. The average molecular weight is 273 g/mol. The Morgan fingerprint density at radius 2 is 1.80 bits per heavy atom. The monoisotopic (exact) mass is 273 g/mol. The van der Waals surface area contributed by atoms with Crippen LogP contribution in [0.3, 0.4) is 0 Å². The summed E-state index contributed by atoms with van der Waals surface area (Å²) in [6.45, 7) is 13.5. The Bertz CT molecular complexity index is 580. The molecule has 1 aromatic heterocycles. The van der Waals surface area contributed by atoms with E-state index in [1.54, 1.807) is 0 Å². The number of rotatable bonds is 2. The molecule has 0 aliphatic heterocycles. The zero-order chi connectivity index (χ0) is 14.9. The first kappa shape index (κ1) is 13.9. The van der Waals surface area contributed by atoms with Crippen molar-refractivity contribution in [2.45, 2.75) is 72.3 Å². The Morgan fingerprint density at radius 3 is 2.25 bits per heavy atom. The van der Waals surface area contributed by atoms with E-state index < -0.39 is 0 Å². The van der Waals surface area contributed by atoms with Gasteiger partial charge >= 0.3 is 0 Å². The number of fused-ring (bicyclic) bond motifs is 2. The zero-order valence-electron chi connectivity index (χ0n) is 13.7. The first-order valence-electron chi connectivity index (χ1n) is 7.89. The second-order valence-corrected chi connectivity index (χ2v) is 7.98. The van der Waals surface area contributed by atoms with Gasteiger partial charge in [-0.1, -0.05) is 34.6 Å². The zero-order valence-corrected chi connectivity index (χ0v) is 13.7. The summed E-state index contributed by atoms with van der Waals surface area (Å²) in [5.74, 6) is 0.966. The van der Waals surface area contributed by atoms with Crippen molar-refractivity contribution in [3.05, 3.63) is 23.5 Å². The van der Waals surface area contributed by atoms with E-state index >= 15 is 0 Å². The maximum atomic E-state index is 12.7. The molecule has 3 rings (SSSR count). The van der Waals surface area contributed by atoms with Crippen LogP contribution in [0.25, 0.3) is 0 Å². The Hall–Kier alpha value is -1.05. The Balaban J connectivity index is 2.25. The van der Waals surface area contributed by atoms with Gasteiger partial charge in [-0.3, -0.25) is 4.79 Å². The number of ketones is 1. The smallest absolute Gasteiger partial charge is 0.141 e. The molecule has 0 saturated heterocycles. The van der Waals surface area contributed by atoms with E-state index in [1.165, 1.54) is 11.4 Å². The first-order chi connectivity index (χ1) is 9.17. The maximum Gasteiger partial charge on any atom is 0.141 e. The van der Waals surface area contributed by atoms with E-state index in [1.807, 2.05) is 0 Å². The largest absolute Gasteiger partial charge is 0.342 e. The van der Waals surface area contributed by atoms with E-state index in [-0.39, 0.29) is 16.4 Å². The van der Waals surface area contributed by atoms with Crippen molar-refractivity contribution in [1.82, 2.24) is 4.57 Å². The Morgan fingerprint density at radius 1 is 1.15 bits per heavy atom. The quantitative estimate of drug-likeness (QED) is 0.782. The molecule has 0 N–H and O–H groups in total. The SMILES string of the molecule is Cc1ccc(C(C)C)n1C12CCC(C)(C(=O)C1)C2(C)C. The number of aryl methyl sites for hydroxylation is 1. The molecule has 1 aromatic rings. The van der Waals surface area contributed by atoms with Crippen molar-refractivity contribution >= 4 is 5.78 Å². The fourth-order valence-electron chi connectivity index (χ4n) is 4.92. The van der Waals surface area contributed by atoms with Gasteiger partial charge in [-0.25, -0.2) is 0 Å². The van der Waals surface area contributed by atoms with Gasteiger partial charge in [0, 0.05) is 28.6 Å². The van der Waals surface area contributed by atoms with Crippen LogP contribution in [0.1, 0.15) is 71.2 Å². The summed E-state index contributed by atoms with van der Waals surface area (Å²) >= 11 is 0. The van der Waals surface area contributed by atoms with Crippen LogP contribution in [0.5, 0.6) is 0 Å². The second kappa shape index (κ2) is 3.78. The minimum absolute atomic E-state index is 0.00792. The van der Waals surface area contributed by atoms with Crippen molar-refractivity contribution < 1.29 is 4.79 Å². The number of nitrogens with zero attached hydrogens (tertiary/aromatic N) is 1. The van der Waals surface area contributed by atoms with Crippen LogP contribution in [-0.2, 0) is 10.3 Å². The van der Waals surface area contributed by atoms with Gasteiger partial charge in [0.2, 0.25) is 0 Å². The van der Waals surface area contributed by atoms with Crippen molar-refractivity contribution in [2.75, 3.05) is 0 Å². The standard InChI is InChI=1S/C18H27NO/c1-12(2)14-8-7-13(3)19(14)18-10-9-17(6,15(20)11-18)16(18,4)5/h7-8,12H,9-11H2,1-6H3. The van der Waals surface area contributed by atoms with Gasteiger partial charge in [0.25, 0.3) is 0 Å². The highest BCUT2D eigenvalue weighted by Crippen LogP contribution is 2.69. The third-order valence-electron chi connectivity index (χ3n) is 6.78. The van der Waals surface area contributed by atoms with Gasteiger partial charge in [0.05, 0.1) is 5.54 Å². The number of hydrogen-bond donors (Lipinski definition) is 0. The molecule has 2 aliphatic carbocycles. The van der Waals surface area contributed by atoms with Crippen LogP contribution in [0.2, 0.25) is 0 Å². The summed E-state index contributed by atoms with van der Waals surface area (Å²) in [6.07, 6.45) is 2.89. The lowest BCUT2D eigenvalue weighted by molar-refractivity contribution is -0.128. The molecule has 0 amide bonds. The maximum absolute atomic E-state index is 12.7. The van der Waals surface area contributed by atoms with Crippen molar-refractivity contribution in [3.8, 4) is 0 Å². The number of Topliss-reactive ketones (excluding diaryl/α,β-unsaturated/α-hetero) is 1. The van der Waals surface area contributed by atoms with Gasteiger partial charge < -0.3 is 4.57 Å². The molecule has 2 atom stereocenters. The van der Waals surface area contributed by atoms with Gasteiger partial charge in [0.15, 0.2) is 0 Å². The number of carbonyl (C=O) groups excluding carboxylic acids is 1. The summed E-state index contributed by atoms with van der Waals surface area (Å²) in [6, 6.07) is 4.47. The second-order valence-electron chi connectivity index (χ2n) is 7.98. The normalized spacial score (nSPS) is 35.2. The highest BCUT2D eigenvalue weighted by Gasteiger charge is 2.70. The van der Waals surface area contributed by atoms with E-state index in [4.69, 9.17) is 0 Å². The van der Waals surface area contributed by atoms with Gasteiger partial charge in [-0.2, -0.15) is 0 Å². The molecule has 0 spiro atoms. The fraction of sp³-hybridized carbons (Fsp3) is 0.722. The van der Waals surface area contributed by atoms with Gasteiger partial charge in [0.1, 0.15) is 5.78 Å². The topological polar surface area (TPSA) is 22.0 Å². The lowest BCUT2D eigenvalue weighted by atomic mass is 9.68. The highest BCUT2D eigenvalue weighted by atomic mass is 16.1. The fourth-order valence-corrected chi connectivity index (χ4v) is 4.92. The van der Waals surface area contributed by atoms with Crippen LogP contribution in [-0.4, -0.2) is 10.4 Å². The van der Waals surface area contributed by atoms with Crippen molar-refractivity contribution in [1.29, 1.82) is 0 Å². The van der Waals surface area contributed by atoms with E-state index in [9.17, 15) is 4.79 Å². The van der Waals surface area contributed by atoms with Crippen LogP contribution in [0, 0.1) is 17.8 Å². The van der Waals surface area contributed by atoms with E-state index in [0.29, 0.717) is 18.1 Å². The third-order valence-corrected chi connectivity index (χ3v) is 6.78. The number of hydrogen-bond acceptors (Lipinski definition) is 1. The molecule has 2 aliphatic rings. The van der Waals surface area contributed by atoms with Gasteiger partial charge in [-0.15, -0.1) is 0 Å². The summed E-state index contributed by atoms with van der Waals surface area (Å²) in [5, 5.41) is 0. The third kappa shape index (κ3) is 1.28. The molecule has 2 saturated carbocycles. The van der Waals surface area contributed by atoms with Gasteiger partial charge in [-0.05, 0) is 37.8 Å². The van der Waals surface area contributed by atoms with Crippen LogP contribution in [0.4, 0.5) is 0 Å². The average Bonchev–Trinajstić information content (AvgIpc) is 2.87. The summed E-state index contributed by atoms with van der Waals surface area (Å²) in [7, 11) is 0. The molecule has 0 radical (unpaired) electrons. The molecular formula is C18H27NO. The first-order valence-corrected chi connectivity index (χ1v) is 7.89. The lowest BCUT2D eigenvalue weighted by Crippen LogP contribution is -2.44. The molecular weight excluding hydrogens is 246 g/mol. The minimum Gasteiger partial charge on any atom is -0.342 e. The van der Waals surface area contributed by atoms with Crippen LogP contribution >= 0.6 is 0 Å². The number of carbonyl (C=O) groups is 1. The summed E-state index contributed by atoms with van der Waals surface area (Å²) in [5.41, 5.74) is 2.57. The van der Waals surface area contributed by atoms with Crippen LogP contribution in [0.15, 0.2) is 12.1 Å². The predicted octanol–water partition coefficient (Wildman–Crippen LogP) is 4.41. The van der Waals surface area contributed by atoms with Crippen molar-refractivity contribution in [2.24, 2.45) is 10.8 Å². The molecule has 2 unspecified atom stereocenters. The summed E-state index contributed by atoms with van der Waals surface area (Å²) in [4.78, 5) is 12.7. The molecule has 1 heterocycles. The number of aromatic nitrogens is 1. The minimum atomic E-state index is -0.141. The van der Waals surface area contributed by atoms with E-state index in [2.05, 4.69) is 58.2 Å². The Kier molecular flexibility index (Phi) is 2.63. The molecule has 2 bridgehead atoms.